The molecule has 144 valence electrons. The molecule has 1 aromatic rings. The van der Waals surface area contributed by atoms with Gasteiger partial charge in [0.2, 0.25) is 15.9 Å². The molecule has 7 heteroatoms. The Morgan fingerprint density at radius 2 is 1.85 bits per heavy atom. The second-order valence-corrected chi connectivity index (χ2v) is 9.39. The minimum atomic E-state index is -3.24. The van der Waals surface area contributed by atoms with Gasteiger partial charge in [-0.2, -0.15) is 0 Å². The summed E-state index contributed by atoms with van der Waals surface area (Å²) in [5.41, 5.74) is 0.712. The van der Waals surface area contributed by atoms with Crippen LogP contribution in [-0.2, 0) is 14.8 Å². The molecule has 0 unspecified atom stereocenters. The lowest BCUT2D eigenvalue weighted by Crippen LogP contribution is -2.44. The Hall–Kier alpha value is -1.60. The number of anilines is 1. The molecule has 1 N–H and O–H groups in total. The summed E-state index contributed by atoms with van der Waals surface area (Å²) in [5.74, 6) is 0.474. The molecule has 26 heavy (non-hydrogen) atoms. The molecule has 1 aliphatic carbocycles. The van der Waals surface area contributed by atoms with Crippen molar-refractivity contribution in [2.45, 2.75) is 51.6 Å². The average molecular weight is 381 g/mol. The van der Waals surface area contributed by atoms with E-state index in [0.29, 0.717) is 31.2 Å². The SMILES string of the molecule is CCS(=O)(=O)N1CCC[C@@H](C(=O)Nc2ccc(OC3CCCC3)cc2)C1. The smallest absolute Gasteiger partial charge is 0.228 e. The van der Waals surface area contributed by atoms with E-state index in [4.69, 9.17) is 4.74 Å². The summed E-state index contributed by atoms with van der Waals surface area (Å²) >= 11 is 0. The molecule has 6 nitrogen and oxygen atoms in total. The second kappa shape index (κ2) is 8.39. The zero-order chi connectivity index (χ0) is 18.6. The van der Waals surface area contributed by atoms with Crippen LogP contribution in [0.1, 0.15) is 45.4 Å². The fourth-order valence-electron chi connectivity index (χ4n) is 3.65. The summed E-state index contributed by atoms with van der Waals surface area (Å²) in [6.45, 7) is 2.41. The van der Waals surface area contributed by atoms with Crippen molar-refractivity contribution in [3.8, 4) is 5.75 Å². The van der Waals surface area contributed by atoms with E-state index >= 15 is 0 Å². The fourth-order valence-corrected chi connectivity index (χ4v) is 4.83. The highest BCUT2D eigenvalue weighted by atomic mass is 32.2. The van der Waals surface area contributed by atoms with E-state index < -0.39 is 10.0 Å². The quantitative estimate of drug-likeness (QED) is 0.823. The number of nitrogens with one attached hydrogen (secondary N) is 1. The maximum absolute atomic E-state index is 12.5. The predicted molar refractivity (Wildman–Crippen MR) is 102 cm³/mol. The first-order chi connectivity index (χ1) is 12.5. The van der Waals surface area contributed by atoms with Crippen LogP contribution in [0.3, 0.4) is 0 Å². The van der Waals surface area contributed by atoms with Crippen LogP contribution in [0.5, 0.6) is 5.75 Å². The molecule has 0 bridgehead atoms. The third-order valence-corrected chi connectivity index (χ3v) is 7.09. The number of hydrogen-bond donors (Lipinski definition) is 1. The maximum Gasteiger partial charge on any atom is 0.228 e. The van der Waals surface area contributed by atoms with E-state index in [2.05, 4.69) is 5.32 Å². The Balaban J connectivity index is 1.55. The van der Waals surface area contributed by atoms with Crippen LogP contribution in [0, 0.1) is 5.92 Å². The van der Waals surface area contributed by atoms with Gasteiger partial charge in [0.1, 0.15) is 5.75 Å². The van der Waals surface area contributed by atoms with Crippen molar-refractivity contribution in [1.82, 2.24) is 4.31 Å². The lowest BCUT2D eigenvalue weighted by Gasteiger charge is -2.30. The second-order valence-electron chi connectivity index (χ2n) is 7.14. The van der Waals surface area contributed by atoms with Crippen LogP contribution in [0.25, 0.3) is 0 Å². The molecule has 2 aliphatic rings. The molecule has 3 rings (SSSR count). The van der Waals surface area contributed by atoms with Gasteiger partial charge in [0.05, 0.1) is 17.8 Å². The Morgan fingerprint density at radius 1 is 1.15 bits per heavy atom. The first kappa shape index (κ1) is 19.2. The highest BCUT2D eigenvalue weighted by Crippen LogP contribution is 2.26. The summed E-state index contributed by atoms with van der Waals surface area (Å²) in [4.78, 5) is 12.5. The van der Waals surface area contributed by atoms with Crippen molar-refractivity contribution in [1.29, 1.82) is 0 Å². The first-order valence-corrected chi connectivity index (χ1v) is 11.1. The zero-order valence-corrected chi connectivity index (χ0v) is 16.1. The fraction of sp³-hybridized carbons (Fsp3) is 0.632. The van der Waals surface area contributed by atoms with Crippen molar-refractivity contribution >= 4 is 21.6 Å². The van der Waals surface area contributed by atoms with Gasteiger partial charge in [-0.25, -0.2) is 12.7 Å². The van der Waals surface area contributed by atoms with Gasteiger partial charge < -0.3 is 10.1 Å². The van der Waals surface area contributed by atoms with Crippen LogP contribution < -0.4 is 10.1 Å². The van der Waals surface area contributed by atoms with Gasteiger partial charge in [0.25, 0.3) is 0 Å². The van der Waals surface area contributed by atoms with Crippen molar-refractivity contribution in [2.75, 3.05) is 24.2 Å². The highest BCUT2D eigenvalue weighted by molar-refractivity contribution is 7.89. The van der Waals surface area contributed by atoms with Crippen molar-refractivity contribution < 1.29 is 17.9 Å². The summed E-state index contributed by atoms with van der Waals surface area (Å²) in [5, 5.41) is 2.91. The molecule has 0 spiro atoms. The average Bonchev–Trinajstić information content (AvgIpc) is 3.16. The number of nitrogens with zero attached hydrogens (tertiary/aromatic N) is 1. The number of sulfonamides is 1. The molecule has 1 saturated heterocycles. The Kier molecular flexibility index (Phi) is 6.19. The standard InChI is InChI=1S/C19H28N2O4S/c1-2-26(23,24)21-13-5-6-15(14-21)19(22)20-16-9-11-18(12-10-16)25-17-7-3-4-8-17/h9-12,15,17H,2-8,13-14H2,1H3,(H,20,22)/t15-/m1/s1. The lowest BCUT2D eigenvalue weighted by molar-refractivity contribution is -0.120. The van der Waals surface area contributed by atoms with Crippen molar-refractivity contribution in [3.05, 3.63) is 24.3 Å². The molecule has 1 aliphatic heterocycles. The van der Waals surface area contributed by atoms with E-state index in [-0.39, 0.29) is 24.1 Å². The molecule has 1 aromatic carbocycles. The topological polar surface area (TPSA) is 75.7 Å². The van der Waals surface area contributed by atoms with Gasteiger partial charge >= 0.3 is 0 Å². The summed E-state index contributed by atoms with van der Waals surface area (Å²) in [6, 6.07) is 7.43. The molecule has 1 atom stereocenters. The normalized spacial score (nSPS) is 22.3. The van der Waals surface area contributed by atoms with Gasteiger partial charge in [-0.15, -0.1) is 0 Å². The number of rotatable bonds is 6. The number of ether oxygens (including phenoxy) is 1. The van der Waals surface area contributed by atoms with E-state index in [1.54, 1.807) is 6.92 Å². The van der Waals surface area contributed by atoms with Crippen LogP contribution in [0.15, 0.2) is 24.3 Å². The van der Waals surface area contributed by atoms with Crippen LogP contribution in [0.2, 0.25) is 0 Å². The van der Waals surface area contributed by atoms with Crippen LogP contribution in [-0.4, -0.2) is 43.6 Å². The molecular weight excluding hydrogens is 352 g/mol. The number of piperidine rings is 1. The molecule has 0 radical (unpaired) electrons. The molecular formula is C19H28N2O4S. The van der Waals surface area contributed by atoms with E-state index in [9.17, 15) is 13.2 Å². The van der Waals surface area contributed by atoms with Crippen LogP contribution >= 0.6 is 0 Å². The largest absolute Gasteiger partial charge is 0.490 e. The van der Waals surface area contributed by atoms with Crippen LogP contribution in [0.4, 0.5) is 5.69 Å². The van der Waals surface area contributed by atoms with Gasteiger partial charge in [-0.1, -0.05) is 0 Å². The van der Waals surface area contributed by atoms with Gasteiger partial charge in [0.15, 0.2) is 0 Å². The molecule has 2 fully saturated rings. The summed E-state index contributed by atoms with van der Waals surface area (Å²) in [7, 11) is -3.24. The van der Waals surface area contributed by atoms with Crippen molar-refractivity contribution in [2.24, 2.45) is 5.92 Å². The first-order valence-electron chi connectivity index (χ1n) is 9.53. The number of carbonyl (C=O) groups is 1. The number of hydrogen-bond acceptors (Lipinski definition) is 4. The Morgan fingerprint density at radius 3 is 2.50 bits per heavy atom. The summed E-state index contributed by atoms with van der Waals surface area (Å²) < 4.78 is 31.5. The maximum atomic E-state index is 12.5. The van der Waals surface area contributed by atoms with Gasteiger partial charge in [-0.05, 0) is 69.7 Å². The van der Waals surface area contributed by atoms with Crippen molar-refractivity contribution in [3.63, 3.8) is 0 Å². The molecule has 0 aromatic heterocycles. The summed E-state index contributed by atoms with van der Waals surface area (Å²) in [6.07, 6.45) is 6.41. The molecule has 1 heterocycles. The molecule has 1 saturated carbocycles. The van der Waals surface area contributed by atoms with Gasteiger partial charge in [-0.3, -0.25) is 4.79 Å². The Labute approximate surface area is 156 Å². The predicted octanol–water partition coefficient (Wildman–Crippen LogP) is 3.01. The number of carbonyl (C=O) groups excluding carboxylic acids is 1. The highest BCUT2D eigenvalue weighted by Gasteiger charge is 2.31. The van der Waals surface area contributed by atoms with E-state index in [0.717, 1.165) is 18.6 Å². The van der Waals surface area contributed by atoms with E-state index in [1.165, 1.54) is 17.1 Å². The minimum absolute atomic E-state index is 0.0732. The third-order valence-electron chi connectivity index (χ3n) is 5.24. The zero-order valence-electron chi connectivity index (χ0n) is 15.3. The number of amides is 1. The minimum Gasteiger partial charge on any atom is -0.490 e. The van der Waals surface area contributed by atoms with Gasteiger partial charge in [0, 0.05) is 18.8 Å². The number of benzene rings is 1. The monoisotopic (exact) mass is 380 g/mol. The molecule has 1 amide bonds. The van der Waals surface area contributed by atoms with E-state index in [1.807, 2.05) is 24.3 Å². The Bertz CT molecular complexity index is 712. The third kappa shape index (κ3) is 4.76. The lowest BCUT2D eigenvalue weighted by atomic mass is 9.99.